The molecular weight excluding hydrogens is 258 g/mol. The zero-order valence-corrected chi connectivity index (χ0v) is 11.1. The van der Waals surface area contributed by atoms with E-state index in [0.717, 1.165) is 5.56 Å². The molecule has 0 saturated carbocycles. The standard InChI is InChI=1S/C13H12N5S/c1-9-5-7-15-10(8-9)12(14)18-13(19)17-11-4-2-3-6-16-11/h2-3,5-8H,1H3,(H3,14,16,17,18,19). The van der Waals surface area contributed by atoms with Crippen LogP contribution in [0.5, 0.6) is 0 Å². The van der Waals surface area contributed by atoms with Gasteiger partial charge < -0.3 is 10.6 Å². The van der Waals surface area contributed by atoms with Crippen molar-refractivity contribution in [2.24, 2.45) is 0 Å². The van der Waals surface area contributed by atoms with E-state index in [1.54, 1.807) is 24.5 Å². The van der Waals surface area contributed by atoms with Crippen molar-refractivity contribution in [2.75, 3.05) is 5.32 Å². The van der Waals surface area contributed by atoms with Gasteiger partial charge in [0.1, 0.15) is 11.5 Å². The molecule has 2 heterocycles. The van der Waals surface area contributed by atoms with Gasteiger partial charge in [-0.1, -0.05) is 0 Å². The molecule has 0 aliphatic heterocycles. The summed E-state index contributed by atoms with van der Waals surface area (Å²) < 4.78 is 0. The number of hydrogen-bond acceptors (Lipinski definition) is 4. The highest BCUT2D eigenvalue weighted by molar-refractivity contribution is 7.80. The van der Waals surface area contributed by atoms with E-state index in [2.05, 4.69) is 26.7 Å². The minimum atomic E-state index is 0.136. The summed E-state index contributed by atoms with van der Waals surface area (Å²) in [5, 5.41) is 13.8. The Morgan fingerprint density at radius 3 is 2.89 bits per heavy atom. The van der Waals surface area contributed by atoms with Gasteiger partial charge in [0.15, 0.2) is 10.9 Å². The van der Waals surface area contributed by atoms with Crippen molar-refractivity contribution < 1.29 is 0 Å². The molecule has 0 bridgehead atoms. The van der Waals surface area contributed by atoms with Gasteiger partial charge in [-0.2, -0.15) is 0 Å². The van der Waals surface area contributed by atoms with Gasteiger partial charge in [-0.05, 0) is 49.0 Å². The highest BCUT2D eigenvalue weighted by Crippen LogP contribution is 2.01. The van der Waals surface area contributed by atoms with Crippen molar-refractivity contribution in [1.29, 1.82) is 5.41 Å². The number of nitrogens with zero attached hydrogens (tertiary/aromatic N) is 2. The number of nitrogens with one attached hydrogen (secondary N) is 3. The van der Waals surface area contributed by atoms with Gasteiger partial charge in [0, 0.05) is 18.5 Å². The minimum absolute atomic E-state index is 0.136. The number of thiocarbonyl (C=S) groups is 1. The normalized spacial score (nSPS) is 9.74. The van der Waals surface area contributed by atoms with Gasteiger partial charge in [0.2, 0.25) is 0 Å². The average Bonchev–Trinajstić information content (AvgIpc) is 2.39. The number of aromatic nitrogens is 2. The van der Waals surface area contributed by atoms with E-state index < -0.39 is 0 Å². The van der Waals surface area contributed by atoms with Crippen LogP contribution in [0.2, 0.25) is 0 Å². The molecule has 0 aromatic carbocycles. The van der Waals surface area contributed by atoms with E-state index in [1.807, 2.05) is 19.1 Å². The predicted octanol–water partition coefficient (Wildman–Crippen LogP) is 1.90. The summed E-state index contributed by atoms with van der Waals surface area (Å²) in [6, 6.07) is 10.1. The lowest BCUT2D eigenvalue weighted by molar-refractivity contribution is 1.19. The van der Waals surface area contributed by atoms with Crippen LogP contribution in [0.1, 0.15) is 11.3 Å². The lowest BCUT2D eigenvalue weighted by Crippen LogP contribution is -2.34. The molecule has 95 valence electrons. The van der Waals surface area contributed by atoms with E-state index in [1.165, 1.54) is 0 Å². The predicted molar refractivity (Wildman–Crippen MR) is 78.2 cm³/mol. The van der Waals surface area contributed by atoms with Gasteiger partial charge in [-0.15, -0.1) is 0 Å². The summed E-state index contributed by atoms with van der Waals surface area (Å²) in [5.41, 5.74) is 1.57. The molecule has 3 N–H and O–H groups in total. The Bertz CT molecular complexity index is 597. The van der Waals surface area contributed by atoms with Gasteiger partial charge >= 0.3 is 0 Å². The van der Waals surface area contributed by atoms with Crippen LogP contribution in [0, 0.1) is 18.4 Å². The zero-order chi connectivity index (χ0) is 13.7. The first kappa shape index (κ1) is 13.1. The monoisotopic (exact) mass is 270 g/mol. The van der Waals surface area contributed by atoms with Crippen LogP contribution in [0.3, 0.4) is 0 Å². The van der Waals surface area contributed by atoms with Crippen molar-refractivity contribution in [3.63, 3.8) is 0 Å². The quantitative estimate of drug-likeness (QED) is 0.441. The highest BCUT2D eigenvalue weighted by Gasteiger charge is 2.05. The summed E-state index contributed by atoms with van der Waals surface area (Å²) in [4.78, 5) is 8.13. The Kier molecular flexibility index (Phi) is 4.15. The maximum atomic E-state index is 7.89. The molecule has 0 aliphatic carbocycles. The molecule has 1 radical (unpaired) electrons. The molecule has 2 rings (SSSR count). The van der Waals surface area contributed by atoms with Gasteiger partial charge in [-0.3, -0.25) is 10.4 Å². The third-order valence-electron chi connectivity index (χ3n) is 2.25. The van der Waals surface area contributed by atoms with Crippen LogP contribution >= 0.6 is 12.2 Å². The highest BCUT2D eigenvalue weighted by atomic mass is 32.1. The molecule has 0 atom stereocenters. The first-order valence-electron chi connectivity index (χ1n) is 5.57. The lowest BCUT2D eigenvalue weighted by Gasteiger charge is -2.10. The Balaban J connectivity index is 1.98. The molecule has 6 heteroatoms. The van der Waals surface area contributed by atoms with Crippen LogP contribution in [0.15, 0.2) is 36.7 Å². The lowest BCUT2D eigenvalue weighted by atomic mass is 10.2. The van der Waals surface area contributed by atoms with E-state index in [9.17, 15) is 0 Å². The Labute approximate surface area is 116 Å². The van der Waals surface area contributed by atoms with E-state index in [-0.39, 0.29) is 10.9 Å². The summed E-state index contributed by atoms with van der Waals surface area (Å²) >= 11 is 5.09. The molecule has 0 aliphatic rings. The first-order valence-corrected chi connectivity index (χ1v) is 5.98. The molecule has 2 aromatic rings. The van der Waals surface area contributed by atoms with Crippen molar-refractivity contribution in [2.45, 2.75) is 6.92 Å². The summed E-state index contributed by atoms with van der Waals surface area (Å²) in [6.07, 6.45) is 3.29. The van der Waals surface area contributed by atoms with Crippen LogP contribution in [0.4, 0.5) is 5.82 Å². The zero-order valence-electron chi connectivity index (χ0n) is 10.3. The SMILES string of the molecule is Cc1ccnc(C(=N)NC(=S)Nc2[c]cccn2)c1. The molecule has 0 spiro atoms. The van der Waals surface area contributed by atoms with Crippen molar-refractivity contribution >= 4 is 29.0 Å². The molecule has 5 nitrogen and oxygen atoms in total. The van der Waals surface area contributed by atoms with Crippen LogP contribution in [-0.4, -0.2) is 20.9 Å². The Hall–Kier alpha value is -2.34. The van der Waals surface area contributed by atoms with Crippen molar-refractivity contribution in [1.82, 2.24) is 15.3 Å². The topological polar surface area (TPSA) is 73.7 Å². The molecule has 2 aromatic heterocycles. The van der Waals surface area contributed by atoms with Gasteiger partial charge in [-0.25, -0.2) is 4.98 Å². The fourth-order valence-electron chi connectivity index (χ4n) is 1.38. The van der Waals surface area contributed by atoms with Crippen molar-refractivity contribution in [3.8, 4) is 0 Å². The smallest absolute Gasteiger partial charge is 0.177 e. The number of pyridine rings is 2. The molecule has 0 amide bonds. The molecule has 0 saturated heterocycles. The maximum Gasteiger partial charge on any atom is 0.177 e. The van der Waals surface area contributed by atoms with Crippen LogP contribution in [0.25, 0.3) is 0 Å². The van der Waals surface area contributed by atoms with E-state index >= 15 is 0 Å². The van der Waals surface area contributed by atoms with E-state index in [4.69, 9.17) is 17.6 Å². The van der Waals surface area contributed by atoms with E-state index in [0.29, 0.717) is 11.5 Å². The number of anilines is 1. The molecule has 0 fully saturated rings. The number of hydrogen-bond donors (Lipinski definition) is 3. The number of amidine groups is 1. The molecular formula is C13H12N5S. The average molecular weight is 270 g/mol. The minimum Gasteiger partial charge on any atom is -0.317 e. The van der Waals surface area contributed by atoms with Crippen LogP contribution in [-0.2, 0) is 0 Å². The van der Waals surface area contributed by atoms with Gasteiger partial charge in [0.25, 0.3) is 0 Å². The fraction of sp³-hybridized carbons (Fsp3) is 0.0769. The second-order valence-corrected chi connectivity index (χ2v) is 4.21. The largest absolute Gasteiger partial charge is 0.317 e. The first-order chi connectivity index (χ1) is 9.15. The van der Waals surface area contributed by atoms with Gasteiger partial charge in [0.05, 0.1) is 0 Å². The number of aryl methyl sites for hydroxylation is 1. The second-order valence-electron chi connectivity index (χ2n) is 3.80. The molecule has 0 unspecified atom stereocenters. The van der Waals surface area contributed by atoms with Crippen LogP contribution < -0.4 is 10.6 Å². The summed E-state index contributed by atoms with van der Waals surface area (Å²) in [6.45, 7) is 1.94. The third-order valence-corrected chi connectivity index (χ3v) is 2.45. The summed E-state index contributed by atoms with van der Waals surface area (Å²) in [7, 11) is 0. The fourth-order valence-corrected chi connectivity index (χ4v) is 1.58. The maximum absolute atomic E-state index is 7.89. The summed E-state index contributed by atoms with van der Waals surface area (Å²) in [5.74, 6) is 0.641. The Morgan fingerprint density at radius 1 is 1.37 bits per heavy atom. The van der Waals surface area contributed by atoms with Crippen molar-refractivity contribution in [3.05, 3.63) is 54.0 Å². The molecule has 19 heavy (non-hydrogen) atoms. The Morgan fingerprint density at radius 2 is 2.21 bits per heavy atom. The number of rotatable bonds is 2. The third kappa shape index (κ3) is 3.82. The second kappa shape index (κ2) is 6.01.